The van der Waals surface area contributed by atoms with E-state index in [4.69, 9.17) is 10.00 Å². The monoisotopic (exact) mass is 572 g/mol. The number of anilines is 1. The molecule has 224 valence electrons. The number of amides is 3. The van der Waals surface area contributed by atoms with Crippen LogP contribution in [0.3, 0.4) is 0 Å². The second kappa shape index (κ2) is 14.0. The second-order valence-electron chi connectivity index (χ2n) is 12.3. The van der Waals surface area contributed by atoms with Crippen molar-refractivity contribution in [3.8, 4) is 6.07 Å². The van der Waals surface area contributed by atoms with E-state index < -0.39 is 5.60 Å². The molecule has 1 aromatic carbocycles. The minimum atomic E-state index is -1.03. The first-order chi connectivity index (χ1) is 20.1. The topological polar surface area (TPSA) is 115 Å². The minimum Gasteiger partial charge on any atom is -0.385 e. The van der Waals surface area contributed by atoms with Gasteiger partial charge in [-0.2, -0.15) is 5.26 Å². The maximum absolute atomic E-state index is 12.5. The number of nitrogens with zero attached hydrogens (tertiary/aromatic N) is 2. The number of aliphatic hydroxyl groups is 1. The fourth-order valence-corrected chi connectivity index (χ4v) is 5.91. The van der Waals surface area contributed by atoms with Gasteiger partial charge in [0.25, 0.3) is 0 Å². The van der Waals surface area contributed by atoms with E-state index in [9.17, 15) is 14.7 Å². The molecule has 2 atom stereocenters. The standard InChI is InChI=1S/C34H44N4O4/c1-33(2,15-5-4-12-31(39)38-16-18-42-19-17-38)28-13-14-30(34(3,41)22-28)27-10-6-9-26(20-27)24-36-32(40)37-29-11-7-8-25(21-29)23-35/h7-9,11,13-14,20-22,30,41H,4-6,10,12,15-19,24H2,1-3H3,(H2,36,37,40). The van der Waals surface area contributed by atoms with Crippen LogP contribution in [0.15, 0.2) is 71.4 Å². The van der Waals surface area contributed by atoms with E-state index in [0.717, 1.165) is 48.8 Å². The van der Waals surface area contributed by atoms with Crippen LogP contribution in [0.4, 0.5) is 10.5 Å². The van der Waals surface area contributed by atoms with Gasteiger partial charge in [-0.3, -0.25) is 4.79 Å². The molecule has 3 aliphatic rings. The number of urea groups is 1. The van der Waals surface area contributed by atoms with E-state index in [1.54, 1.807) is 24.3 Å². The first kappa shape index (κ1) is 31.3. The number of hydrogen-bond acceptors (Lipinski definition) is 5. The quantitative estimate of drug-likeness (QED) is 0.314. The lowest BCUT2D eigenvalue weighted by atomic mass is 9.70. The number of benzene rings is 1. The van der Waals surface area contributed by atoms with Gasteiger partial charge in [0.05, 0.1) is 30.4 Å². The number of allylic oxidation sites excluding steroid dienone is 3. The number of unbranched alkanes of at least 4 members (excludes halogenated alkanes) is 1. The van der Waals surface area contributed by atoms with Gasteiger partial charge >= 0.3 is 6.03 Å². The molecule has 8 nitrogen and oxygen atoms in total. The Bertz CT molecular complexity index is 1310. The molecule has 1 saturated heterocycles. The Labute approximate surface area is 249 Å². The summed E-state index contributed by atoms with van der Waals surface area (Å²) in [6, 6.07) is 8.52. The zero-order valence-corrected chi connectivity index (χ0v) is 25.1. The fraction of sp³-hybridized carbons (Fsp3) is 0.500. The number of carbonyl (C=O) groups is 2. The third-order valence-electron chi connectivity index (χ3n) is 8.45. The summed E-state index contributed by atoms with van der Waals surface area (Å²) in [5.74, 6) is 0.0727. The van der Waals surface area contributed by atoms with Crippen molar-refractivity contribution < 1.29 is 19.4 Å². The van der Waals surface area contributed by atoms with Crippen molar-refractivity contribution in [1.29, 1.82) is 5.26 Å². The maximum atomic E-state index is 12.5. The molecule has 0 bridgehead atoms. The van der Waals surface area contributed by atoms with E-state index in [1.807, 2.05) is 17.9 Å². The first-order valence-electron chi connectivity index (χ1n) is 15.0. The summed E-state index contributed by atoms with van der Waals surface area (Å²) in [7, 11) is 0. The summed E-state index contributed by atoms with van der Waals surface area (Å²) in [5, 5.41) is 26.3. The third kappa shape index (κ3) is 8.43. The van der Waals surface area contributed by atoms with Gasteiger partial charge in [-0.1, -0.05) is 56.2 Å². The van der Waals surface area contributed by atoms with Gasteiger partial charge in [-0.15, -0.1) is 0 Å². The summed E-state index contributed by atoms with van der Waals surface area (Å²) >= 11 is 0. The molecule has 8 heteroatoms. The van der Waals surface area contributed by atoms with Gasteiger partial charge in [0.1, 0.15) is 0 Å². The lowest BCUT2D eigenvalue weighted by molar-refractivity contribution is -0.135. The highest BCUT2D eigenvalue weighted by atomic mass is 16.5. The Morgan fingerprint density at radius 2 is 2.02 bits per heavy atom. The second-order valence-corrected chi connectivity index (χ2v) is 12.3. The Morgan fingerprint density at radius 3 is 2.76 bits per heavy atom. The van der Waals surface area contributed by atoms with Crippen molar-refractivity contribution in [3.05, 3.63) is 76.9 Å². The first-order valence-corrected chi connectivity index (χ1v) is 15.0. The summed E-state index contributed by atoms with van der Waals surface area (Å²) in [5.41, 5.74) is 3.17. The molecule has 1 aromatic rings. The molecule has 2 unspecified atom stereocenters. The number of nitrogens with one attached hydrogen (secondary N) is 2. The molecule has 0 spiro atoms. The highest BCUT2D eigenvalue weighted by Crippen LogP contribution is 2.42. The number of carbonyl (C=O) groups excluding carboxylic acids is 2. The van der Waals surface area contributed by atoms with E-state index in [1.165, 1.54) is 0 Å². The van der Waals surface area contributed by atoms with Gasteiger partial charge in [-0.25, -0.2) is 4.79 Å². The van der Waals surface area contributed by atoms with Gasteiger partial charge in [0, 0.05) is 37.7 Å². The van der Waals surface area contributed by atoms with Crippen molar-refractivity contribution in [1.82, 2.24) is 10.2 Å². The predicted molar refractivity (Wildman–Crippen MR) is 165 cm³/mol. The highest BCUT2D eigenvalue weighted by molar-refractivity contribution is 5.89. The highest BCUT2D eigenvalue weighted by Gasteiger charge is 2.36. The molecule has 2 aliphatic carbocycles. The predicted octanol–water partition coefficient (Wildman–Crippen LogP) is 5.64. The number of ether oxygens (including phenoxy) is 1. The molecule has 0 saturated carbocycles. The number of hydrogen-bond donors (Lipinski definition) is 3. The van der Waals surface area contributed by atoms with Crippen LogP contribution in [-0.2, 0) is 9.53 Å². The normalized spacial score (nSPS) is 22.4. The molecular formula is C34H44N4O4. The molecule has 0 radical (unpaired) electrons. The third-order valence-corrected chi connectivity index (χ3v) is 8.45. The minimum absolute atomic E-state index is 0.122. The molecule has 3 amide bonds. The molecule has 1 fully saturated rings. The van der Waals surface area contributed by atoms with Gasteiger partial charge in [0.2, 0.25) is 5.91 Å². The zero-order chi connectivity index (χ0) is 30.2. The Balaban J connectivity index is 1.29. The van der Waals surface area contributed by atoms with Gasteiger partial charge in [0.15, 0.2) is 0 Å². The van der Waals surface area contributed by atoms with Gasteiger partial charge in [-0.05, 0) is 73.4 Å². The van der Waals surface area contributed by atoms with Crippen molar-refractivity contribution in [2.75, 3.05) is 38.2 Å². The van der Waals surface area contributed by atoms with Crippen LogP contribution in [0.5, 0.6) is 0 Å². The number of morpholine rings is 1. The average molecular weight is 573 g/mol. The van der Waals surface area contributed by atoms with Crippen LogP contribution < -0.4 is 10.6 Å². The average Bonchev–Trinajstić information content (AvgIpc) is 2.98. The van der Waals surface area contributed by atoms with Crippen LogP contribution in [0.25, 0.3) is 0 Å². The van der Waals surface area contributed by atoms with Crippen LogP contribution in [0, 0.1) is 22.7 Å². The van der Waals surface area contributed by atoms with Crippen molar-refractivity contribution >= 4 is 17.6 Å². The van der Waals surface area contributed by atoms with Crippen LogP contribution in [0.1, 0.15) is 64.9 Å². The molecular weight excluding hydrogens is 528 g/mol. The van der Waals surface area contributed by atoms with Crippen LogP contribution >= 0.6 is 0 Å². The Kier molecular flexibility index (Phi) is 10.4. The Hall–Kier alpha value is -3.67. The molecule has 1 heterocycles. The fourth-order valence-electron chi connectivity index (χ4n) is 5.91. The SMILES string of the molecule is CC(C)(CCCCC(=O)N1CCOCC1)C1=CC(C)(O)C(C2=CC(CNC(=O)Nc3cccc(C#N)c3)=CCC2)C=C1. The molecule has 3 N–H and O–H groups in total. The van der Waals surface area contributed by atoms with Crippen LogP contribution in [-0.4, -0.2) is 60.4 Å². The summed E-state index contributed by atoms with van der Waals surface area (Å²) in [6.45, 7) is 9.29. The van der Waals surface area contributed by atoms with Crippen LogP contribution in [0.2, 0.25) is 0 Å². The van der Waals surface area contributed by atoms with Crippen molar-refractivity contribution in [2.24, 2.45) is 11.3 Å². The van der Waals surface area contributed by atoms with Crippen molar-refractivity contribution in [2.45, 2.75) is 64.9 Å². The lowest BCUT2D eigenvalue weighted by Crippen LogP contribution is -2.40. The molecule has 1 aliphatic heterocycles. The summed E-state index contributed by atoms with van der Waals surface area (Å²) < 4.78 is 5.34. The van der Waals surface area contributed by atoms with E-state index in [-0.39, 0.29) is 23.3 Å². The smallest absolute Gasteiger partial charge is 0.319 e. The van der Waals surface area contributed by atoms with E-state index >= 15 is 0 Å². The number of rotatable bonds is 10. The van der Waals surface area contributed by atoms with E-state index in [2.05, 4.69) is 54.9 Å². The van der Waals surface area contributed by atoms with Crippen molar-refractivity contribution in [3.63, 3.8) is 0 Å². The maximum Gasteiger partial charge on any atom is 0.319 e. The zero-order valence-electron chi connectivity index (χ0n) is 25.1. The largest absolute Gasteiger partial charge is 0.385 e. The lowest BCUT2D eigenvalue weighted by Gasteiger charge is -2.38. The number of nitriles is 1. The van der Waals surface area contributed by atoms with E-state index in [0.29, 0.717) is 50.5 Å². The summed E-state index contributed by atoms with van der Waals surface area (Å²) in [4.78, 5) is 26.8. The molecule has 0 aromatic heterocycles. The molecule has 4 rings (SSSR count). The Morgan fingerprint density at radius 1 is 1.24 bits per heavy atom. The van der Waals surface area contributed by atoms with Gasteiger partial charge < -0.3 is 25.4 Å². The molecule has 42 heavy (non-hydrogen) atoms. The summed E-state index contributed by atoms with van der Waals surface area (Å²) in [6.07, 6.45) is 15.5.